The average molecular weight is 259 g/mol. The Morgan fingerprint density at radius 2 is 2.16 bits per heavy atom. The lowest BCUT2D eigenvalue weighted by Crippen LogP contribution is -2.16. The summed E-state index contributed by atoms with van der Waals surface area (Å²) in [6, 6.07) is 7.98. The van der Waals surface area contributed by atoms with Crippen LogP contribution >= 0.6 is 0 Å². The van der Waals surface area contributed by atoms with E-state index in [-0.39, 0.29) is 12.5 Å². The van der Waals surface area contributed by atoms with Crippen LogP contribution in [0.5, 0.6) is 0 Å². The number of fused-ring (bicyclic) bond motifs is 1. The van der Waals surface area contributed by atoms with Crippen molar-refractivity contribution in [1.29, 1.82) is 0 Å². The first-order chi connectivity index (χ1) is 9.16. The Morgan fingerprint density at radius 3 is 2.95 bits per heavy atom. The van der Waals surface area contributed by atoms with Gasteiger partial charge in [0.1, 0.15) is 12.1 Å². The van der Waals surface area contributed by atoms with E-state index >= 15 is 0 Å². The summed E-state index contributed by atoms with van der Waals surface area (Å²) in [4.78, 5) is 18.9. The Kier molecular flexibility index (Phi) is 4.28. The Morgan fingerprint density at radius 1 is 1.37 bits per heavy atom. The molecule has 1 unspecified atom stereocenters. The zero-order valence-corrected chi connectivity index (χ0v) is 10.8. The van der Waals surface area contributed by atoms with E-state index in [2.05, 4.69) is 15.3 Å². The first-order valence-corrected chi connectivity index (χ1v) is 6.35. The van der Waals surface area contributed by atoms with Gasteiger partial charge in [0.15, 0.2) is 0 Å². The summed E-state index contributed by atoms with van der Waals surface area (Å²) in [5.41, 5.74) is 0.901. The zero-order chi connectivity index (χ0) is 13.7. The van der Waals surface area contributed by atoms with E-state index in [1.807, 2.05) is 31.2 Å². The molecule has 5 heteroatoms. The number of hydrogen-bond donors (Lipinski definition) is 2. The first kappa shape index (κ1) is 13.3. The highest BCUT2D eigenvalue weighted by molar-refractivity contribution is 5.88. The second kappa shape index (κ2) is 6.13. The molecular formula is C14H17N3O2. The number of carboxylic acids is 1. The quantitative estimate of drug-likeness (QED) is 0.834. The maximum atomic E-state index is 10.5. The monoisotopic (exact) mass is 259 g/mol. The second-order valence-electron chi connectivity index (χ2n) is 4.57. The topological polar surface area (TPSA) is 75.1 Å². The fraction of sp³-hybridized carbons (Fsp3) is 0.357. The molecule has 0 bridgehead atoms. The Bertz CT molecular complexity index is 566. The molecule has 1 aromatic carbocycles. The van der Waals surface area contributed by atoms with Gasteiger partial charge >= 0.3 is 5.97 Å². The number of rotatable bonds is 6. The number of hydrogen-bond acceptors (Lipinski definition) is 4. The summed E-state index contributed by atoms with van der Waals surface area (Å²) in [6.07, 6.45) is 3.20. The summed E-state index contributed by atoms with van der Waals surface area (Å²) < 4.78 is 0. The molecule has 1 heterocycles. The van der Waals surface area contributed by atoms with Crippen molar-refractivity contribution in [1.82, 2.24) is 9.97 Å². The van der Waals surface area contributed by atoms with Gasteiger partial charge in [-0.1, -0.05) is 12.1 Å². The maximum Gasteiger partial charge on any atom is 0.303 e. The summed E-state index contributed by atoms with van der Waals surface area (Å²) in [7, 11) is 0. The van der Waals surface area contributed by atoms with Crippen LogP contribution in [-0.4, -0.2) is 27.1 Å². The van der Waals surface area contributed by atoms with Gasteiger partial charge < -0.3 is 10.4 Å². The largest absolute Gasteiger partial charge is 0.481 e. The SMILES string of the molecule is CC(CCCC(=O)O)Nc1ncnc2ccccc12. The number of benzene rings is 1. The molecule has 0 saturated heterocycles. The van der Waals surface area contributed by atoms with Gasteiger partial charge in [0.25, 0.3) is 0 Å². The highest BCUT2D eigenvalue weighted by Crippen LogP contribution is 2.19. The van der Waals surface area contributed by atoms with E-state index in [1.54, 1.807) is 0 Å². The van der Waals surface area contributed by atoms with Gasteiger partial charge in [-0.3, -0.25) is 4.79 Å². The van der Waals surface area contributed by atoms with Crippen LogP contribution in [0.1, 0.15) is 26.2 Å². The summed E-state index contributed by atoms with van der Waals surface area (Å²) >= 11 is 0. The van der Waals surface area contributed by atoms with E-state index in [1.165, 1.54) is 6.33 Å². The number of para-hydroxylation sites is 1. The van der Waals surface area contributed by atoms with Crippen LogP contribution in [0.4, 0.5) is 5.82 Å². The molecule has 2 aromatic rings. The highest BCUT2D eigenvalue weighted by atomic mass is 16.4. The van der Waals surface area contributed by atoms with Crippen molar-refractivity contribution in [2.75, 3.05) is 5.32 Å². The molecule has 0 spiro atoms. The average Bonchev–Trinajstić information content (AvgIpc) is 2.39. The molecular weight excluding hydrogens is 242 g/mol. The summed E-state index contributed by atoms with van der Waals surface area (Å²) in [6.45, 7) is 2.03. The van der Waals surface area contributed by atoms with Crippen LogP contribution in [0.3, 0.4) is 0 Å². The van der Waals surface area contributed by atoms with Crippen LogP contribution in [-0.2, 0) is 4.79 Å². The lowest BCUT2D eigenvalue weighted by molar-refractivity contribution is -0.137. The van der Waals surface area contributed by atoms with Crippen molar-refractivity contribution in [2.45, 2.75) is 32.2 Å². The van der Waals surface area contributed by atoms with E-state index in [0.717, 1.165) is 23.1 Å². The molecule has 0 aliphatic carbocycles. The van der Waals surface area contributed by atoms with Gasteiger partial charge in [0, 0.05) is 17.8 Å². The summed E-state index contributed by atoms with van der Waals surface area (Å²) in [5.74, 6) is 0.0492. The maximum absolute atomic E-state index is 10.5. The molecule has 0 radical (unpaired) electrons. The number of carboxylic acid groups (broad SMARTS) is 1. The number of aromatic nitrogens is 2. The zero-order valence-electron chi connectivity index (χ0n) is 10.8. The van der Waals surface area contributed by atoms with Gasteiger partial charge in [-0.05, 0) is 31.9 Å². The fourth-order valence-electron chi connectivity index (χ4n) is 1.98. The van der Waals surface area contributed by atoms with Crippen molar-refractivity contribution >= 4 is 22.7 Å². The molecule has 2 rings (SSSR count). The van der Waals surface area contributed by atoms with E-state index in [4.69, 9.17) is 5.11 Å². The molecule has 5 nitrogen and oxygen atoms in total. The predicted octanol–water partition coefficient (Wildman–Crippen LogP) is 2.69. The van der Waals surface area contributed by atoms with Crippen molar-refractivity contribution in [3.05, 3.63) is 30.6 Å². The molecule has 0 amide bonds. The van der Waals surface area contributed by atoms with Crippen LogP contribution < -0.4 is 5.32 Å². The Hall–Kier alpha value is -2.17. The normalized spacial score (nSPS) is 12.3. The Balaban J connectivity index is 2.02. The second-order valence-corrected chi connectivity index (χ2v) is 4.57. The minimum atomic E-state index is -0.750. The van der Waals surface area contributed by atoms with Gasteiger partial charge in [-0.25, -0.2) is 9.97 Å². The predicted molar refractivity (Wildman–Crippen MR) is 74.1 cm³/mol. The molecule has 0 aliphatic heterocycles. The highest BCUT2D eigenvalue weighted by Gasteiger charge is 2.07. The molecule has 19 heavy (non-hydrogen) atoms. The number of anilines is 1. The molecule has 0 saturated carbocycles. The fourth-order valence-corrected chi connectivity index (χ4v) is 1.98. The van der Waals surface area contributed by atoms with Crippen LogP contribution in [0, 0.1) is 0 Å². The van der Waals surface area contributed by atoms with Gasteiger partial charge in [-0.2, -0.15) is 0 Å². The molecule has 2 N–H and O–H groups in total. The van der Waals surface area contributed by atoms with E-state index < -0.39 is 5.97 Å². The third-order valence-corrected chi connectivity index (χ3v) is 2.95. The van der Waals surface area contributed by atoms with Gasteiger partial charge in [0.2, 0.25) is 0 Å². The lowest BCUT2D eigenvalue weighted by Gasteiger charge is -2.15. The van der Waals surface area contributed by atoms with Crippen LogP contribution in [0.2, 0.25) is 0 Å². The molecule has 100 valence electrons. The van der Waals surface area contributed by atoms with Crippen molar-refractivity contribution in [3.8, 4) is 0 Å². The van der Waals surface area contributed by atoms with Crippen LogP contribution in [0.15, 0.2) is 30.6 Å². The number of nitrogens with one attached hydrogen (secondary N) is 1. The smallest absolute Gasteiger partial charge is 0.303 e. The van der Waals surface area contributed by atoms with E-state index in [0.29, 0.717) is 6.42 Å². The number of aliphatic carboxylic acids is 1. The molecule has 1 atom stereocenters. The molecule has 1 aromatic heterocycles. The minimum absolute atomic E-state index is 0.178. The summed E-state index contributed by atoms with van der Waals surface area (Å²) in [5, 5.41) is 12.9. The van der Waals surface area contributed by atoms with Crippen molar-refractivity contribution in [2.24, 2.45) is 0 Å². The molecule has 0 aliphatic rings. The van der Waals surface area contributed by atoms with Crippen molar-refractivity contribution < 1.29 is 9.90 Å². The standard InChI is InChI=1S/C14H17N3O2/c1-10(5-4-8-13(18)19)17-14-11-6-2-3-7-12(11)15-9-16-14/h2-3,6-7,9-10H,4-5,8H2,1H3,(H,18,19)(H,15,16,17). The van der Waals surface area contributed by atoms with Gasteiger partial charge in [-0.15, -0.1) is 0 Å². The lowest BCUT2D eigenvalue weighted by atomic mass is 10.1. The number of nitrogens with zero attached hydrogens (tertiary/aromatic N) is 2. The van der Waals surface area contributed by atoms with Crippen LogP contribution in [0.25, 0.3) is 10.9 Å². The minimum Gasteiger partial charge on any atom is -0.481 e. The van der Waals surface area contributed by atoms with Gasteiger partial charge in [0.05, 0.1) is 5.52 Å². The third-order valence-electron chi connectivity index (χ3n) is 2.95. The number of carbonyl (C=O) groups is 1. The molecule has 0 fully saturated rings. The van der Waals surface area contributed by atoms with E-state index in [9.17, 15) is 4.79 Å². The first-order valence-electron chi connectivity index (χ1n) is 6.35. The third kappa shape index (κ3) is 3.64. The Labute approximate surface area is 111 Å². The van der Waals surface area contributed by atoms with Crippen molar-refractivity contribution in [3.63, 3.8) is 0 Å².